The van der Waals surface area contributed by atoms with E-state index in [9.17, 15) is 0 Å². The number of rotatable bonds is 3. The van der Waals surface area contributed by atoms with Crippen LogP contribution in [0.1, 0.15) is 0 Å². The van der Waals surface area contributed by atoms with Gasteiger partial charge in [0.1, 0.15) is 0 Å². The SMILES string of the molecule is C=C/C=c1/c(-c2ccccc2)cc(-c2cccc(Br)c2)nc1=C. The zero-order valence-corrected chi connectivity index (χ0v) is 14.3. The molecule has 0 atom stereocenters. The Balaban J connectivity index is 2.31. The van der Waals surface area contributed by atoms with Gasteiger partial charge in [0.05, 0.1) is 11.0 Å². The summed E-state index contributed by atoms with van der Waals surface area (Å²) in [6.45, 7) is 7.94. The Kier molecular flexibility index (Phi) is 4.54. The van der Waals surface area contributed by atoms with Gasteiger partial charge in [-0.05, 0) is 29.3 Å². The van der Waals surface area contributed by atoms with E-state index in [0.717, 1.165) is 37.4 Å². The molecule has 0 aliphatic heterocycles. The van der Waals surface area contributed by atoms with E-state index in [2.05, 4.69) is 64.4 Å². The van der Waals surface area contributed by atoms with Crippen molar-refractivity contribution in [2.75, 3.05) is 0 Å². The molecule has 0 unspecified atom stereocenters. The van der Waals surface area contributed by atoms with Crippen molar-refractivity contribution in [3.63, 3.8) is 0 Å². The maximum atomic E-state index is 4.68. The second-order valence-electron chi connectivity index (χ2n) is 5.19. The summed E-state index contributed by atoms with van der Waals surface area (Å²) in [5.74, 6) is 0. The molecule has 1 heterocycles. The molecule has 112 valence electrons. The van der Waals surface area contributed by atoms with Crippen molar-refractivity contribution in [2.24, 2.45) is 0 Å². The van der Waals surface area contributed by atoms with Crippen molar-refractivity contribution in [3.8, 4) is 22.4 Å². The minimum atomic E-state index is 0.751. The number of benzene rings is 2. The predicted molar refractivity (Wildman–Crippen MR) is 102 cm³/mol. The van der Waals surface area contributed by atoms with Gasteiger partial charge in [0.2, 0.25) is 0 Å². The molecular weight excluding hydrogens is 346 g/mol. The standard InChI is InChI=1S/C21H16BrN/c1-3-8-19-15(2)23-21(17-11-7-12-18(22)13-17)14-20(19)16-9-5-4-6-10-16/h3-14H,1-2H2/b19-8+. The van der Waals surface area contributed by atoms with Crippen LogP contribution < -0.4 is 10.6 Å². The number of nitrogens with zero attached hydrogens (tertiary/aromatic N) is 1. The van der Waals surface area contributed by atoms with Crippen molar-refractivity contribution >= 4 is 28.6 Å². The summed E-state index contributed by atoms with van der Waals surface area (Å²) in [7, 11) is 0. The van der Waals surface area contributed by atoms with Gasteiger partial charge in [0, 0.05) is 15.3 Å². The zero-order valence-electron chi connectivity index (χ0n) is 12.7. The first kappa shape index (κ1) is 15.4. The summed E-state index contributed by atoms with van der Waals surface area (Å²) < 4.78 is 1.03. The molecule has 0 bridgehead atoms. The third-order valence-corrected chi connectivity index (χ3v) is 4.12. The van der Waals surface area contributed by atoms with Crippen LogP contribution in [0.25, 0.3) is 35.0 Å². The first-order valence-corrected chi connectivity index (χ1v) is 8.12. The molecule has 3 aromatic rings. The number of halogens is 1. The van der Waals surface area contributed by atoms with Crippen LogP contribution in [-0.2, 0) is 0 Å². The predicted octanol–water partition coefficient (Wildman–Crippen LogP) is 4.55. The molecule has 2 heteroatoms. The summed E-state index contributed by atoms with van der Waals surface area (Å²) >= 11 is 3.52. The average Bonchev–Trinajstić information content (AvgIpc) is 2.57. The highest BCUT2D eigenvalue weighted by Gasteiger charge is 2.06. The molecule has 3 rings (SSSR count). The molecule has 0 radical (unpaired) electrons. The lowest BCUT2D eigenvalue weighted by molar-refractivity contribution is 1.23. The molecule has 23 heavy (non-hydrogen) atoms. The van der Waals surface area contributed by atoms with Gasteiger partial charge in [-0.1, -0.05) is 83.7 Å². The average molecular weight is 362 g/mol. The van der Waals surface area contributed by atoms with Crippen molar-refractivity contribution < 1.29 is 0 Å². The van der Waals surface area contributed by atoms with Crippen molar-refractivity contribution in [1.29, 1.82) is 0 Å². The van der Waals surface area contributed by atoms with Gasteiger partial charge in [-0.25, -0.2) is 4.98 Å². The van der Waals surface area contributed by atoms with Crippen LogP contribution in [0.4, 0.5) is 0 Å². The molecule has 2 aromatic carbocycles. The Labute approximate surface area is 144 Å². The van der Waals surface area contributed by atoms with Crippen LogP contribution in [0, 0.1) is 0 Å². The molecule has 0 aliphatic carbocycles. The third-order valence-electron chi connectivity index (χ3n) is 3.63. The Hall–Kier alpha value is -2.45. The highest BCUT2D eigenvalue weighted by molar-refractivity contribution is 9.10. The van der Waals surface area contributed by atoms with Crippen LogP contribution in [0.2, 0.25) is 0 Å². The number of hydrogen-bond acceptors (Lipinski definition) is 1. The van der Waals surface area contributed by atoms with Crippen molar-refractivity contribution in [2.45, 2.75) is 0 Å². The Bertz CT molecular complexity index is 959. The maximum absolute atomic E-state index is 4.68. The first-order valence-electron chi connectivity index (χ1n) is 7.33. The molecule has 0 fully saturated rings. The number of hydrogen-bond donors (Lipinski definition) is 0. The molecule has 0 N–H and O–H groups in total. The Morgan fingerprint density at radius 2 is 1.65 bits per heavy atom. The van der Waals surface area contributed by atoms with Gasteiger partial charge in [-0.15, -0.1) is 0 Å². The summed E-state index contributed by atoms with van der Waals surface area (Å²) in [5, 5.41) is 1.76. The molecule has 0 spiro atoms. The Morgan fingerprint density at radius 3 is 2.35 bits per heavy atom. The fourth-order valence-corrected chi connectivity index (χ4v) is 2.96. The van der Waals surface area contributed by atoms with Gasteiger partial charge < -0.3 is 0 Å². The van der Waals surface area contributed by atoms with E-state index in [-0.39, 0.29) is 0 Å². The number of pyridine rings is 1. The highest BCUT2D eigenvalue weighted by atomic mass is 79.9. The highest BCUT2D eigenvalue weighted by Crippen LogP contribution is 2.23. The van der Waals surface area contributed by atoms with Gasteiger partial charge in [0.15, 0.2) is 0 Å². The van der Waals surface area contributed by atoms with Crippen LogP contribution in [0.15, 0.2) is 77.8 Å². The van der Waals surface area contributed by atoms with Crippen LogP contribution in [0.5, 0.6) is 0 Å². The smallest absolute Gasteiger partial charge is 0.0716 e. The normalized spacial score (nSPS) is 11.4. The monoisotopic (exact) mass is 361 g/mol. The summed E-state index contributed by atoms with van der Waals surface area (Å²) in [4.78, 5) is 4.68. The van der Waals surface area contributed by atoms with E-state index in [1.807, 2.05) is 36.4 Å². The fraction of sp³-hybridized carbons (Fsp3) is 0. The number of allylic oxidation sites excluding steroid dienone is 1. The second kappa shape index (κ2) is 6.76. The molecule has 0 amide bonds. The van der Waals surface area contributed by atoms with E-state index >= 15 is 0 Å². The second-order valence-corrected chi connectivity index (χ2v) is 6.11. The lowest BCUT2D eigenvalue weighted by Crippen LogP contribution is -2.29. The minimum absolute atomic E-state index is 0.751. The lowest BCUT2D eigenvalue weighted by atomic mass is 10.0. The van der Waals surface area contributed by atoms with Crippen LogP contribution in [0.3, 0.4) is 0 Å². The lowest BCUT2D eigenvalue weighted by Gasteiger charge is -2.08. The molecular formula is C21H16BrN. The fourth-order valence-electron chi connectivity index (χ4n) is 2.56. The van der Waals surface area contributed by atoms with E-state index in [0.29, 0.717) is 0 Å². The van der Waals surface area contributed by atoms with Crippen molar-refractivity contribution in [3.05, 3.63) is 88.4 Å². The maximum Gasteiger partial charge on any atom is 0.0716 e. The Morgan fingerprint density at radius 1 is 0.913 bits per heavy atom. The summed E-state index contributed by atoms with van der Waals surface area (Å²) in [6, 6.07) is 20.5. The van der Waals surface area contributed by atoms with Gasteiger partial charge in [0.25, 0.3) is 0 Å². The van der Waals surface area contributed by atoms with Gasteiger partial charge >= 0.3 is 0 Å². The topological polar surface area (TPSA) is 12.9 Å². The largest absolute Gasteiger partial charge is 0.248 e. The van der Waals surface area contributed by atoms with E-state index < -0.39 is 0 Å². The quantitative estimate of drug-likeness (QED) is 0.666. The molecule has 0 aliphatic rings. The van der Waals surface area contributed by atoms with Gasteiger partial charge in [-0.3, -0.25) is 0 Å². The van der Waals surface area contributed by atoms with Crippen LogP contribution in [-0.4, -0.2) is 4.98 Å². The summed E-state index contributed by atoms with van der Waals surface area (Å²) in [5.41, 5.74) is 4.23. The van der Waals surface area contributed by atoms with Crippen molar-refractivity contribution in [1.82, 2.24) is 4.98 Å². The third kappa shape index (κ3) is 3.33. The first-order chi connectivity index (χ1) is 11.2. The molecule has 1 aromatic heterocycles. The zero-order chi connectivity index (χ0) is 16.2. The molecule has 0 saturated carbocycles. The molecule has 0 saturated heterocycles. The molecule has 1 nitrogen and oxygen atoms in total. The minimum Gasteiger partial charge on any atom is -0.248 e. The van der Waals surface area contributed by atoms with Crippen LogP contribution >= 0.6 is 15.9 Å². The van der Waals surface area contributed by atoms with Gasteiger partial charge in [-0.2, -0.15) is 0 Å². The van der Waals surface area contributed by atoms with E-state index in [1.54, 1.807) is 6.08 Å². The summed E-state index contributed by atoms with van der Waals surface area (Å²) in [6.07, 6.45) is 3.74. The van der Waals surface area contributed by atoms with E-state index in [4.69, 9.17) is 0 Å². The number of aromatic nitrogens is 1. The van der Waals surface area contributed by atoms with E-state index in [1.165, 1.54) is 0 Å².